The van der Waals surface area contributed by atoms with E-state index in [9.17, 15) is 9.59 Å². The van der Waals surface area contributed by atoms with Gasteiger partial charge in [0.15, 0.2) is 0 Å². The van der Waals surface area contributed by atoms with Crippen molar-refractivity contribution in [3.63, 3.8) is 0 Å². The lowest BCUT2D eigenvalue weighted by atomic mass is 10.2. The molecule has 0 aliphatic rings. The molecule has 0 bridgehead atoms. The maximum absolute atomic E-state index is 12.6. The van der Waals surface area contributed by atoms with Gasteiger partial charge in [0.25, 0.3) is 5.91 Å². The fourth-order valence-corrected chi connectivity index (χ4v) is 3.07. The first-order chi connectivity index (χ1) is 13.5. The monoisotopic (exact) mass is 395 g/mol. The zero-order chi connectivity index (χ0) is 19.9. The van der Waals surface area contributed by atoms with Crippen LogP contribution in [0.2, 0.25) is 0 Å². The molecule has 144 valence electrons. The van der Waals surface area contributed by atoms with Gasteiger partial charge in [-0.25, -0.2) is 4.98 Å². The Kier molecular flexibility index (Phi) is 6.39. The molecule has 1 aromatic heterocycles. The predicted molar refractivity (Wildman–Crippen MR) is 110 cm³/mol. The van der Waals surface area contributed by atoms with Gasteiger partial charge >= 0.3 is 0 Å². The largest absolute Gasteiger partial charge is 0.487 e. The van der Waals surface area contributed by atoms with Gasteiger partial charge < -0.3 is 15.0 Å². The lowest BCUT2D eigenvalue weighted by Crippen LogP contribution is -2.34. The molecule has 0 saturated carbocycles. The Morgan fingerprint density at radius 2 is 1.96 bits per heavy atom. The van der Waals surface area contributed by atoms with Crippen LogP contribution in [0.1, 0.15) is 21.6 Å². The number of hydrogen-bond donors (Lipinski definition) is 1. The zero-order valence-corrected chi connectivity index (χ0v) is 16.5. The second-order valence-corrected chi connectivity index (χ2v) is 7.09. The Hall–Kier alpha value is -3.19. The minimum Gasteiger partial charge on any atom is -0.487 e. The molecule has 6 nitrogen and oxygen atoms in total. The summed E-state index contributed by atoms with van der Waals surface area (Å²) in [6, 6.07) is 14.4. The summed E-state index contributed by atoms with van der Waals surface area (Å²) >= 11 is 1.50. The van der Waals surface area contributed by atoms with Crippen LogP contribution in [-0.2, 0) is 11.4 Å². The highest BCUT2D eigenvalue weighted by atomic mass is 32.1. The molecule has 0 fully saturated rings. The molecule has 3 aromatic rings. The maximum Gasteiger partial charge on any atom is 0.254 e. The number of carbonyl (C=O) groups is 2. The molecular weight excluding hydrogens is 374 g/mol. The van der Waals surface area contributed by atoms with Crippen molar-refractivity contribution in [2.24, 2.45) is 0 Å². The van der Waals surface area contributed by atoms with E-state index in [0.29, 0.717) is 23.6 Å². The van der Waals surface area contributed by atoms with E-state index in [1.807, 2.05) is 36.6 Å². The van der Waals surface area contributed by atoms with E-state index in [0.717, 1.165) is 11.3 Å². The molecule has 1 heterocycles. The summed E-state index contributed by atoms with van der Waals surface area (Å²) in [5, 5.41) is 4.70. The number of rotatable bonds is 7. The third-order valence-corrected chi connectivity index (χ3v) is 4.65. The van der Waals surface area contributed by atoms with Crippen LogP contribution in [0.5, 0.6) is 5.75 Å². The second-order valence-electron chi connectivity index (χ2n) is 6.37. The Bertz CT molecular complexity index is 940. The topological polar surface area (TPSA) is 71.5 Å². The van der Waals surface area contributed by atoms with Gasteiger partial charge in [0.05, 0.1) is 17.7 Å². The minimum absolute atomic E-state index is 0.0450. The van der Waals surface area contributed by atoms with Crippen LogP contribution in [0.3, 0.4) is 0 Å². The summed E-state index contributed by atoms with van der Waals surface area (Å²) in [6.07, 6.45) is 0. The fourth-order valence-electron chi connectivity index (χ4n) is 2.53. The highest BCUT2D eigenvalue weighted by molar-refractivity contribution is 7.07. The zero-order valence-electron chi connectivity index (χ0n) is 15.7. The van der Waals surface area contributed by atoms with E-state index in [1.165, 1.54) is 16.2 Å². The van der Waals surface area contributed by atoms with Crippen molar-refractivity contribution in [1.29, 1.82) is 0 Å². The lowest BCUT2D eigenvalue weighted by Gasteiger charge is -2.17. The van der Waals surface area contributed by atoms with E-state index in [4.69, 9.17) is 4.74 Å². The summed E-state index contributed by atoms with van der Waals surface area (Å²) in [4.78, 5) is 30.4. The van der Waals surface area contributed by atoms with Crippen LogP contribution in [0.15, 0.2) is 59.4 Å². The molecule has 0 aliphatic heterocycles. The van der Waals surface area contributed by atoms with Crippen LogP contribution in [-0.4, -0.2) is 35.3 Å². The van der Waals surface area contributed by atoms with E-state index in [2.05, 4.69) is 10.3 Å². The molecule has 0 aliphatic carbocycles. The number of carbonyl (C=O) groups excluding carboxylic acids is 2. The van der Waals surface area contributed by atoms with Gasteiger partial charge in [-0.1, -0.05) is 23.8 Å². The Morgan fingerprint density at radius 1 is 1.18 bits per heavy atom. The van der Waals surface area contributed by atoms with Crippen LogP contribution in [0.25, 0.3) is 0 Å². The molecule has 0 atom stereocenters. The van der Waals surface area contributed by atoms with Crippen molar-refractivity contribution in [2.75, 3.05) is 18.9 Å². The van der Waals surface area contributed by atoms with E-state index >= 15 is 0 Å². The van der Waals surface area contributed by atoms with Gasteiger partial charge in [0, 0.05) is 23.7 Å². The summed E-state index contributed by atoms with van der Waals surface area (Å²) < 4.78 is 5.68. The third kappa shape index (κ3) is 5.40. The number of benzene rings is 2. The van der Waals surface area contributed by atoms with Gasteiger partial charge in [-0.2, -0.15) is 0 Å². The van der Waals surface area contributed by atoms with Gasteiger partial charge in [-0.05, 0) is 37.3 Å². The van der Waals surface area contributed by atoms with Crippen molar-refractivity contribution < 1.29 is 14.3 Å². The fraction of sp³-hybridized carbons (Fsp3) is 0.190. The lowest BCUT2D eigenvalue weighted by molar-refractivity contribution is -0.116. The summed E-state index contributed by atoms with van der Waals surface area (Å²) in [5.74, 6) is 0.0742. The number of aryl methyl sites for hydroxylation is 1. The SMILES string of the molecule is Cc1ccc(NC(=O)CN(C)C(=O)c2cccc(OCc3cscn3)c2)cc1. The average Bonchev–Trinajstić information content (AvgIpc) is 3.21. The van der Waals surface area contributed by atoms with Gasteiger partial charge in [0.1, 0.15) is 12.4 Å². The van der Waals surface area contributed by atoms with Gasteiger partial charge in [-0.15, -0.1) is 11.3 Å². The Labute approximate surface area is 167 Å². The van der Waals surface area contributed by atoms with Crippen molar-refractivity contribution in [1.82, 2.24) is 9.88 Å². The molecule has 2 aromatic carbocycles. The first-order valence-corrected chi connectivity index (χ1v) is 9.67. The van der Waals surface area contributed by atoms with Crippen molar-refractivity contribution in [3.8, 4) is 5.75 Å². The second kappa shape index (κ2) is 9.14. The number of likely N-dealkylation sites (N-methyl/N-ethyl adjacent to an activating group) is 1. The molecular formula is C21H21N3O3S. The maximum atomic E-state index is 12.6. The predicted octanol–water partition coefficient (Wildman–Crippen LogP) is 3.74. The molecule has 0 radical (unpaired) electrons. The smallest absolute Gasteiger partial charge is 0.254 e. The molecule has 2 amide bonds. The molecule has 7 heteroatoms. The number of ether oxygens (including phenoxy) is 1. The van der Waals surface area contributed by atoms with Crippen molar-refractivity contribution >= 4 is 28.8 Å². The molecule has 1 N–H and O–H groups in total. The Balaban J connectivity index is 1.57. The highest BCUT2D eigenvalue weighted by Gasteiger charge is 2.16. The van der Waals surface area contributed by atoms with E-state index < -0.39 is 0 Å². The first-order valence-electron chi connectivity index (χ1n) is 8.73. The number of thiazole rings is 1. The number of anilines is 1. The molecule has 0 unspecified atom stereocenters. The quantitative estimate of drug-likeness (QED) is 0.661. The average molecular weight is 395 g/mol. The standard InChI is InChI=1S/C21H21N3O3S/c1-15-6-8-17(9-7-15)23-20(25)11-24(2)21(26)16-4-3-5-19(10-16)27-12-18-13-28-14-22-18/h3-10,13-14H,11-12H2,1-2H3,(H,23,25). The number of amides is 2. The van der Waals surface area contributed by atoms with Crippen LogP contribution < -0.4 is 10.1 Å². The van der Waals surface area contributed by atoms with Crippen molar-refractivity contribution in [3.05, 3.63) is 76.2 Å². The number of hydrogen-bond acceptors (Lipinski definition) is 5. The van der Waals surface area contributed by atoms with E-state index in [1.54, 1.807) is 36.8 Å². The highest BCUT2D eigenvalue weighted by Crippen LogP contribution is 2.17. The number of nitrogens with one attached hydrogen (secondary N) is 1. The summed E-state index contributed by atoms with van der Waals surface area (Å²) in [5.41, 5.74) is 4.86. The number of aromatic nitrogens is 1. The summed E-state index contributed by atoms with van der Waals surface area (Å²) in [6.45, 7) is 2.28. The summed E-state index contributed by atoms with van der Waals surface area (Å²) in [7, 11) is 1.60. The van der Waals surface area contributed by atoms with Gasteiger partial charge in [-0.3, -0.25) is 9.59 Å². The third-order valence-electron chi connectivity index (χ3n) is 4.01. The van der Waals surface area contributed by atoms with Gasteiger partial charge in [0.2, 0.25) is 5.91 Å². The first kappa shape index (κ1) is 19.6. The Morgan fingerprint density at radius 3 is 2.68 bits per heavy atom. The van der Waals surface area contributed by atoms with Crippen LogP contribution in [0, 0.1) is 6.92 Å². The normalized spacial score (nSPS) is 10.4. The minimum atomic E-state index is -0.254. The van der Waals surface area contributed by atoms with Crippen molar-refractivity contribution in [2.45, 2.75) is 13.5 Å². The van der Waals surface area contributed by atoms with Crippen LogP contribution in [0.4, 0.5) is 5.69 Å². The van der Waals surface area contributed by atoms with Crippen LogP contribution >= 0.6 is 11.3 Å². The molecule has 3 rings (SSSR count). The number of nitrogens with zero attached hydrogens (tertiary/aromatic N) is 2. The molecule has 28 heavy (non-hydrogen) atoms. The van der Waals surface area contributed by atoms with E-state index in [-0.39, 0.29) is 18.4 Å². The molecule has 0 spiro atoms. The molecule has 0 saturated heterocycles.